The highest BCUT2D eigenvalue weighted by Gasteiger charge is 2.20. The molecule has 0 spiro atoms. The second kappa shape index (κ2) is 6.27. The minimum atomic E-state index is -0.914. The van der Waals surface area contributed by atoms with Gasteiger partial charge in [-0.3, -0.25) is 0 Å². The predicted molar refractivity (Wildman–Crippen MR) is 107 cm³/mol. The molecule has 0 saturated carbocycles. The molecule has 2 N–H and O–H groups in total. The van der Waals surface area contributed by atoms with E-state index in [0.29, 0.717) is 5.02 Å². The number of nitrogens with one attached hydrogen (secondary N) is 1. The fourth-order valence-electron chi connectivity index (χ4n) is 3.21. The molecular weight excluding hydrogens is 344 g/mol. The van der Waals surface area contributed by atoms with Crippen molar-refractivity contribution in [2.24, 2.45) is 0 Å². The smallest absolute Gasteiger partial charge is 0.138 e. The molecule has 4 aromatic rings. The molecule has 4 heteroatoms. The number of halogens is 1. The molecule has 26 heavy (non-hydrogen) atoms. The molecule has 0 aliphatic heterocycles. The molecule has 4 rings (SSSR count). The van der Waals surface area contributed by atoms with Crippen LogP contribution in [0.5, 0.6) is 0 Å². The van der Waals surface area contributed by atoms with Gasteiger partial charge in [-0.2, -0.15) is 0 Å². The second-order valence-electron chi connectivity index (χ2n) is 6.93. The summed E-state index contributed by atoms with van der Waals surface area (Å²) in [6.07, 6.45) is 0. The highest BCUT2D eigenvalue weighted by molar-refractivity contribution is 6.30. The van der Waals surface area contributed by atoms with Crippen LogP contribution in [0.15, 0.2) is 66.7 Å². The van der Waals surface area contributed by atoms with Gasteiger partial charge in [0.05, 0.1) is 16.6 Å². The topological polar surface area (TPSA) is 48.9 Å². The third kappa shape index (κ3) is 3.12. The number of fused-ring (bicyclic) bond motifs is 1. The van der Waals surface area contributed by atoms with Crippen molar-refractivity contribution in [3.8, 4) is 22.5 Å². The lowest BCUT2D eigenvalue weighted by atomic mass is 9.89. The molecule has 0 unspecified atom stereocenters. The third-order valence-corrected chi connectivity index (χ3v) is 4.71. The quantitative estimate of drug-likeness (QED) is 0.485. The zero-order valence-corrected chi connectivity index (χ0v) is 15.4. The van der Waals surface area contributed by atoms with Crippen LogP contribution in [0.1, 0.15) is 19.4 Å². The van der Waals surface area contributed by atoms with Gasteiger partial charge in [0.25, 0.3) is 0 Å². The molecule has 0 atom stereocenters. The largest absolute Gasteiger partial charge is 0.386 e. The Kier molecular flexibility index (Phi) is 4.06. The lowest BCUT2D eigenvalue weighted by Crippen LogP contribution is -2.16. The van der Waals surface area contributed by atoms with Crippen LogP contribution >= 0.6 is 11.6 Å². The maximum atomic E-state index is 10.5. The van der Waals surface area contributed by atoms with Gasteiger partial charge in [0.1, 0.15) is 5.82 Å². The average Bonchev–Trinajstić information content (AvgIpc) is 3.04. The summed E-state index contributed by atoms with van der Waals surface area (Å²) in [5.74, 6) is 0.787. The molecule has 1 heterocycles. The van der Waals surface area contributed by atoms with Crippen LogP contribution in [-0.2, 0) is 5.60 Å². The highest BCUT2D eigenvalue weighted by atomic mass is 35.5. The lowest BCUT2D eigenvalue weighted by molar-refractivity contribution is 0.0792. The van der Waals surface area contributed by atoms with Gasteiger partial charge in [-0.05, 0) is 54.8 Å². The number of H-pyrrole nitrogens is 1. The zero-order valence-electron chi connectivity index (χ0n) is 14.6. The molecule has 0 aliphatic carbocycles. The van der Waals surface area contributed by atoms with Crippen LogP contribution in [-0.4, -0.2) is 15.1 Å². The standard InChI is InChI=1S/C22H19ClN2O/c1-22(2,26)18-9-4-3-8-17(18)14-10-11-19-20(13-14)25-21(24-19)15-6-5-7-16(23)12-15/h3-13,26H,1-2H3,(H,24,25). The number of benzene rings is 3. The molecule has 0 bridgehead atoms. The minimum Gasteiger partial charge on any atom is -0.386 e. The second-order valence-corrected chi connectivity index (χ2v) is 7.37. The highest BCUT2D eigenvalue weighted by Crippen LogP contribution is 2.33. The van der Waals surface area contributed by atoms with Gasteiger partial charge in [0.2, 0.25) is 0 Å². The summed E-state index contributed by atoms with van der Waals surface area (Å²) in [6, 6.07) is 21.7. The van der Waals surface area contributed by atoms with Crippen molar-refractivity contribution in [1.29, 1.82) is 0 Å². The van der Waals surface area contributed by atoms with E-state index >= 15 is 0 Å². The molecule has 0 aliphatic rings. The molecule has 0 radical (unpaired) electrons. The van der Waals surface area contributed by atoms with Gasteiger partial charge in [0, 0.05) is 10.6 Å². The summed E-state index contributed by atoms with van der Waals surface area (Å²) in [4.78, 5) is 8.07. The maximum absolute atomic E-state index is 10.5. The minimum absolute atomic E-state index is 0.683. The Morgan fingerprint density at radius 1 is 0.923 bits per heavy atom. The van der Waals surface area contributed by atoms with Crippen LogP contribution in [0.3, 0.4) is 0 Å². The zero-order chi connectivity index (χ0) is 18.3. The van der Waals surface area contributed by atoms with E-state index in [1.165, 1.54) is 0 Å². The van der Waals surface area contributed by atoms with Gasteiger partial charge in [-0.25, -0.2) is 4.98 Å². The first-order valence-corrected chi connectivity index (χ1v) is 8.87. The van der Waals surface area contributed by atoms with Crippen LogP contribution in [0, 0.1) is 0 Å². The Labute approximate surface area is 157 Å². The number of imidazole rings is 1. The van der Waals surface area contributed by atoms with E-state index in [9.17, 15) is 5.11 Å². The van der Waals surface area contributed by atoms with Crippen molar-refractivity contribution in [1.82, 2.24) is 9.97 Å². The van der Waals surface area contributed by atoms with Crippen LogP contribution in [0.2, 0.25) is 5.02 Å². The molecule has 0 saturated heterocycles. The van der Waals surface area contributed by atoms with Crippen molar-refractivity contribution in [3.05, 3.63) is 77.3 Å². The van der Waals surface area contributed by atoms with Crippen molar-refractivity contribution < 1.29 is 5.11 Å². The fourth-order valence-corrected chi connectivity index (χ4v) is 3.40. The van der Waals surface area contributed by atoms with E-state index in [1.807, 2.05) is 66.7 Å². The predicted octanol–water partition coefficient (Wildman–Crippen LogP) is 5.78. The van der Waals surface area contributed by atoms with Crippen LogP contribution in [0.4, 0.5) is 0 Å². The fraction of sp³-hybridized carbons (Fsp3) is 0.136. The number of aliphatic hydroxyl groups is 1. The number of rotatable bonds is 3. The summed E-state index contributed by atoms with van der Waals surface area (Å²) in [5.41, 5.74) is 4.81. The van der Waals surface area contributed by atoms with Crippen LogP contribution in [0.25, 0.3) is 33.5 Å². The number of aromatic amines is 1. The molecule has 0 fully saturated rings. The molecule has 3 aromatic carbocycles. The van der Waals surface area contributed by atoms with Crippen molar-refractivity contribution >= 4 is 22.6 Å². The molecular formula is C22H19ClN2O. The van der Waals surface area contributed by atoms with E-state index in [2.05, 4.69) is 4.98 Å². The van der Waals surface area contributed by atoms with E-state index in [4.69, 9.17) is 16.6 Å². The van der Waals surface area contributed by atoms with E-state index in [1.54, 1.807) is 13.8 Å². The van der Waals surface area contributed by atoms with Gasteiger partial charge >= 0.3 is 0 Å². The SMILES string of the molecule is CC(C)(O)c1ccccc1-c1ccc2[nH]c(-c3cccc(Cl)c3)nc2c1. The Hall–Kier alpha value is -2.62. The van der Waals surface area contributed by atoms with Gasteiger partial charge < -0.3 is 10.1 Å². The van der Waals surface area contributed by atoms with Gasteiger partial charge in [-0.1, -0.05) is 54.1 Å². The van der Waals surface area contributed by atoms with Crippen molar-refractivity contribution in [2.45, 2.75) is 19.4 Å². The Balaban J connectivity index is 1.83. The monoisotopic (exact) mass is 362 g/mol. The average molecular weight is 363 g/mol. The van der Waals surface area contributed by atoms with Crippen LogP contribution < -0.4 is 0 Å². The lowest BCUT2D eigenvalue weighted by Gasteiger charge is -2.21. The summed E-state index contributed by atoms with van der Waals surface area (Å²) in [6.45, 7) is 3.60. The Morgan fingerprint density at radius 3 is 2.50 bits per heavy atom. The summed E-state index contributed by atoms with van der Waals surface area (Å²) >= 11 is 6.09. The van der Waals surface area contributed by atoms with E-state index in [-0.39, 0.29) is 0 Å². The molecule has 3 nitrogen and oxygen atoms in total. The Morgan fingerprint density at radius 2 is 1.73 bits per heavy atom. The number of hydrogen-bond acceptors (Lipinski definition) is 2. The first kappa shape index (κ1) is 16.8. The van der Waals surface area contributed by atoms with Gasteiger partial charge in [-0.15, -0.1) is 0 Å². The number of hydrogen-bond donors (Lipinski definition) is 2. The van der Waals surface area contributed by atoms with E-state index in [0.717, 1.165) is 39.1 Å². The van der Waals surface area contributed by atoms with Crippen molar-refractivity contribution in [3.63, 3.8) is 0 Å². The first-order chi connectivity index (χ1) is 12.4. The summed E-state index contributed by atoms with van der Waals surface area (Å²) < 4.78 is 0. The summed E-state index contributed by atoms with van der Waals surface area (Å²) in [5, 5.41) is 11.2. The molecule has 1 aromatic heterocycles. The normalized spacial score (nSPS) is 11.8. The van der Waals surface area contributed by atoms with Gasteiger partial charge in [0.15, 0.2) is 0 Å². The van der Waals surface area contributed by atoms with E-state index < -0.39 is 5.60 Å². The number of aromatic nitrogens is 2. The maximum Gasteiger partial charge on any atom is 0.138 e. The summed E-state index contributed by atoms with van der Waals surface area (Å²) in [7, 11) is 0. The number of nitrogens with zero attached hydrogens (tertiary/aromatic N) is 1. The first-order valence-electron chi connectivity index (χ1n) is 8.50. The Bertz CT molecular complexity index is 1090. The van der Waals surface area contributed by atoms with Crippen molar-refractivity contribution in [2.75, 3.05) is 0 Å². The molecule has 130 valence electrons. The molecule has 0 amide bonds. The third-order valence-electron chi connectivity index (χ3n) is 4.48.